The van der Waals surface area contributed by atoms with E-state index in [1.165, 1.54) is 12.1 Å². The van der Waals surface area contributed by atoms with Crippen molar-refractivity contribution < 1.29 is 9.34 Å². The van der Waals surface area contributed by atoms with Crippen LogP contribution in [0.5, 0.6) is 0 Å². The zero-order valence-corrected chi connectivity index (χ0v) is 16.4. The average Bonchev–Trinajstić information content (AvgIpc) is 3.25. The summed E-state index contributed by atoms with van der Waals surface area (Å²) in [7, 11) is 0. The number of rotatable bonds is 5. The lowest BCUT2D eigenvalue weighted by Crippen LogP contribution is -2.09. The van der Waals surface area contributed by atoms with Gasteiger partial charge in [-0.05, 0) is 54.6 Å². The van der Waals surface area contributed by atoms with Crippen LogP contribution in [0, 0.1) is 10.1 Å². The Balaban J connectivity index is 1.52. The number of nitrogens with zero attached hydrogens (tertiary/aromatic N) is 3. The number of benzene rings is 4. The van der Waals surface area contributed by atoms with E-state index < -0.39 is 4.92 Å². The molecule has 0 saturated heterocycles. The minimum absolute atomic E-state index is 0.0101. The van der Waals surface area contributed by atoms with E-state index in [1.807, 2.05) is 60.7 Å². The summed E-state index contributed by atoms with van der Waals surface area (Å²) in [5.41, 5.74) is 4.86. The number of hydrogen-bond donors (Lipinski definition) is 0. The average molecular weight is 407 g/mol. The zero-order chi connectivity index (χ0) is 21.2. The number of oxazole rings is 1. The van der Waals surface area contributed by atoms with Crippen molar-refractivity contribution in [3.05, 3.63) is 113 Å². The van der Waals surface area contributed by atoms with Crippen molar-refractivity contribution in [2.45, 2.75) is 0 Å². The monoisotopic (exact) mass is 407 g/mol. The molecular weight excluding hydrogens is 390 g/mol. The van der Waals surface area contributed by atoms with Crippen LogP contribution in [0.25, 0.3) is 22.6 Å². The largest absolute Gasteiger partial charge is 0.436 e. The molecule has 6 heteroatoms. The van der Waals surface area contributed by atoms with E-state index in [4.69, 9.17) is 4.42 Å². The van der Waals surface area contributed by atoms with Crippen LogP contribution in [0.3, 0.4) is 0 Å². The second-order valence-corrected chi connectivity index (χ2v) is 6.98. The maximum Gasteiger partial charge on any atom is 0.271 e. The number of fused-ring (bicyclic) bond motifs is 1. The molecule has 0 aliphatic heterocycles. The molecule has 0 atom stereocenters. The van der Waals surface area contributed by atoms with Gasteiger partial charge < -0.3 is 9.32 Å². The fourth-order valence-electron chi connectivity index (χ4n) is 3.51. The molecule has 0 amide bonds. The third kappa shape index (κ3) is 3.62. The first kappa shape index (κ1) is 18.6. The van der Waals surface area contributed by atoms with Gasteiger partial charge in [-0.1, -0.05) is 36.4 Å². The fraction of sp³-hybridized carbons (Fsp3) is 0. The Morgan fingerprint density at radius 3 is 1.90 bits per heavy atom. The first-order valence-corrected chi connectivity index (χ1v) is 9.75. The van der Waals surface area contributed by atoms with Gasteiger partial charge in [-0.2, -0.15) is 0 Å². The molecule has 150 valence electrons. The first-order valence-electron chi connectivity index (χ1n) is 9.75. The van der Waals surface area contributed by atoms with Gasteiger partial charge in [0.25, 0.3) is 5.69 Å². The van der Waals surface area contributed by atoms with Crippen molar-refractivity contribution in [2.24, 2.45) is 0 Å². The summed E-state index contributed by atoms with van der Waals surface area (Å²) in [4.78, 5) is 17.2. The van der Waals surface area contributed by atoms with E-state index in [2.05, 4.69) is 34.1 Å². The molecular formula is C25H17N3O3. The molecule has 0 fully saturated rings. The van der Waals surface area contributed by atoms with Crippen LogP contribution in [0.2, 0.25) is 0 Å². The first-order chi connectivity index (χ1) is 15.2. The van der Waals surface area contributed by atoms with Crippen molar-refractivity contribution >= 4 is 33.8 Å². The Hall–Kier alpha value is -4.45. The number of non-ortho nitro benzene ring substituents is 1. The quantitative estimate of drug-likeness (QED) is 0.235. The molecule has 0 aliphatic rings. The zero-order valence-electron chi connectivity index (χ0n) is 16.4. The fourth-order valence-corrected chi connectivity index (χ4v) is 3.51. The van der Waals surface area contributed by atoms with E-state index in [0.29, 0.717) is 17.0 Å². The molecule has 0 aliphatic carbocycles. The van der Waals surface area contributed by atoms with E-state index in [0.717, 1.165) is 22.6 Å². The lowest BCUT2D eigenvalue weighted by Gasteiger charge is -2.25. The summed E-state index contributed by atoms with van der Waals surface area (Å²) in [6, 6.07) is 32.6. The lowest BCUT2D eigenvalue weighted by molar-refractivity contribution is -0.384. The van der Waals surface area contributed by atoms with E-state index in [-0.39, 0.29) is 5.69 Å². The highest BCUT2D eigenvalue weighted by Gasteiger charge is 2.15. The van der Waals surface area contributed by atoms with Crippen LogP contribution in [-0.4, -0.2) is 9.91 Å². The van der Waals surface area contributed by atoms with Gasteiger partial charge in [-0.3, -0.25) is 10.1 Å². The number of anilines is 3. The molecule has 0 radical (unpaired) electrons. The number of aromatic nitrogens is 1. The summed E-state index contributed by atoms with van der Waals surface area (Å²) in [6.45, 7) is 0. The molecule has 0 spiro atoms. The predicted octanol–water partition coefficient (Wildman–Crippen LogP) is 6.87. The third-order valence-corrected chi connectivity index (χ3v) is 4.98. The SMILES string of the molecule is O=[N+]([O-])c1ccc2oc(-c3ccc(N(c4ccccc4)c4ccccc4)cc3)nc2c1. The molecule has 1 aromatic heterocycles. The number of nitro benzene ring substituents is 1. The van der Waals surface area contributed by atoms with Crippen LogP contribution in [0.1, 0.15) is 0 Å². The van der Waals surface area contributed by atoms with Gasteiger partial charge in [0.2, 0.25) is 5.89 Å². The predicted molar refractivity (Wildman–Crippen MR) is 121 cm³/mol. The van der Waals surface area contributed by atoms with Gasteiger partial charge in [0, 0.05) is 34.8 Å². The van der Waals surface area contributed by atoms with E-state index in [9.17, 15) is 10.1 Å². The van der Waals surface area contributed by atoms with Crippen LogP contribution in [-0.2, 0) is 0 Å². The van der Waals surface area contributed by atoms with Crippen molar-refractivity contribution in [1.29, 1.82) is 0 Å². The maximum atomic E-state index is 11.0. The van der Waals surface area contributed by atoms with Crippen LogP contribution in [0.4, 0.5) is 22.7 Å². The molecule has 31 heavy (non-hydrogen) atoms. The van der Waals surface area contributed by atoms with Gasteiger partial charge in [0.1, 0.15) is 5.52 Å². The topological polar surface area (TPSA) is 72.4 Å². The smallest absolute Gasteiger partial charge is 0.271 e. The Morgan fingerprint density at radius 2 is 1.32 bits per heavy atom. The lowest BCUT2D eigenvalue weighted by atomic mass is 10.1. The normalized spacial score (nSPS) is 10.8. The Bertz CT molecular complexity index is 1310. The molecule has 0 bridgehead atoms. The van der Waals surface area contributed by atoms with Crippen LogP contribution >= 0.6 is 0 Å². The van der Waals surface area contributed by atoms with Crippen molar-refractivity contribution in [3.63, 3.8) is 0 Å². The van der Waals surface area contributed by atoms with Gasteiger partial charge in [0.05, 0.1) is 4.92 Å². The van der Waals surface area contributed by atoms with Crippen molar-refractivity contribution in [2.75, 3.05) is 4.90 Å². The Kier molecular flexibility index (Phi) is 4.65. The summed E-state index contributed by atoms with van der Waals surface area (Å²) < 4.78 is 5.81. The van der Waals surface area contributed by atoms with Gasteiger partial charge >= 0.3 is 0 Å². The van der Waals surface area contributed by atoms with Gasteiger partial charge in [-0.15, -0.1) is 0 Å². The summed E-state index contributed by atoms with van der Waals surface area (Å²) >= 11 is 0. The van der Waals surface area contributed by atoms with Crippen LogP contribution < -0.4 is 4.90 Å². The molecule has 6 nitrogen and oxygen atoms in total. The highest BCUT2D eigenvalue weighted by molar-refractivity contribution is 5.80. The number of para-hydroxylation sites is 2. The van der Waals surface area contributed by atoms with Gasteiger partial charge in [-0.25, -0.2) is 4.98 Å². The van der Waals surface area contributed by atoms with Crippen LogP contribution in [0.15, 0.2) is 108 Å². The molecule has 4 aromatic carbocycles. The second-order valence-electron chi connectivity index (χ2n) is 6.98. The summed E-state index contributed by atoms with van der Waals surface area (Å²) in [5, 5.41) is 11.0. The third-order valence-electron chi connectivity index (χ3n) is 4.98. The van der Waals surface area contributed by atoms with Crippen molar-refractivity contribution in [3.8, 4) is 11.5 Å². The number of nitro groups is 1. The summed E-state index contributed by atoms with van der Waals surface area (Å²) in [5.74, 6) is 0.424. The standard InChI is InChI=1S/C25H17N3O3/c29-28(30)22-15-16-24-23(17-22)26-25(31-24)18-11-13-21(14-12-18)27(19-7-3-1-4-8-19)20-9-5-2-6-10-20/h1-17H. The maximum absolute atomic E-state index is 11.0. The molecule has 0 unspecified atom stereocenters. The highest BCUT2D eigenvalue weighted by Crippen LogP contribution is 2.35. The summed E-state index contributed by atoms with van der Waals surface area (Å²) in [6.07, 6.45) is 0. The molecule has 5 aromatic rings. The Morgan fingerprint density at radius 1 is 0.742 bits per heavy atom. The molecule has 5 rings (SSSR count). The highest BCUT2D eigenvalue weighted by atomic mass is 16.6. The molecule has 1 heterocycles. The van der Waals surface area contributed by atoms with E-state index in [1.54, 1.807) is 6.07 Å². The minimum atomic E-state index is -0.440. The van der Waals surface area contributed by atoms with E-state index >= 15 is 0 Å². The molecule has 0 saturated carbocycles. The van der Waals surface area contributed by atoms with Crippen molar-refractivity contribution in [1.82, 2.24) is 4.98 Å². The minimum Gasteiger partial charge on any atom is -0.436 e. The second kappa shape index (κ2) is 7.76. The Labute approximate surface area is 178 Å². The van der Waals surface area contributed by atoms with Gasteiger partial charge in [0.15, 0.2) is 5.58 Å². The number of hydrogen-bond acceptors (Lipinski definition) is 5. The molecule has 0 N–H and O–H groups in total.